The van der Waals surface area contributed by atoms with Gasteiger partial charge in [-0.15, -0.1) is 0 Å². The molecule has 2 N–H and O–H groups in total. The van der Waals surface area contributed by atoms with E-state index in [9.17, 15) is 19.7 Å². The first kappa shape index (κ1) is 19.9. The number of non-ortho nitro benzene ring substituents is 1. The Morgan fingerprint density at radius 1 is 1.28 bits per heavy atom. The van der Waals surface area contributed by atoms with E-state index in [0.29, 0.717) is 11.5 Å². The number of nitrogen functional groups attached to an aromatic ring is 1. The summed E-state index contributed by atoms with van der Waals surface area (Å²) < 4.78 is 16.4. The van der Waals surface area contributed by atoms with Gasteiger partial charge in [0.1, 0.15) is 6.61 Å². The molecule has 0 fully saturated rings. The molecule has 2 aromatic rings. The molecule has 0 aromatic heterocycles. The largest absolute Gasteiger partial charge is 0.486 e. The van der Waals surface area contributed by atoms with Crippen molar-refractivity contribution in [1.29, 1.82) is 0 Å². The predicted octanol–water partition coefficient (Wildman–Crippen LogP) is 1.63. The average Bonchev–Trinajstić information content (AvgIpc) is 2.71. The Bertz CT molecular complexity index is 947. The smallest absolute Gasteiger partial charge is 0.341 e. The van der Waals surface area contributed by atoms with E-state index in [1.54, 1.807) is 19.2 Å². The van der Waals surface area contributed by atoms with Crippen LogP contribution < -0.4 is 15.2 Å². The lowest BCUT2D eigenvalue weighted by molar-refractivity contribution is -0.384. The van der Waals surface area contributed by atoms with Gasteiger partial charge in [0.15, 0.2) is 24.2 Å². The predicted molar refractivity (Wildman–Crippen MR) is 102 cm³/mol. The SMILES string of the molecule is CN(CC1COc2ccccc2O1)C(=O)COC(=O)c1cc([N+](=O)[O-])ccc1N. The van der Waals surface area contributed by atoms with Crippen molar-refractivity contribution in [2.24, 2.45) is 0 Å². The number of benzene rings is 2. The van der Waals surface area contributed by atoms with Crippen LogP contribution in [0.15, 0.2) is 42.5 Å². The zero-order valence-electron chi connectivity index (χ0n) is 15.6. The molecular formula is C19H19N3O7. The first-order valence-electron chi connectivity index (χ1n) is 8.68. The minimum atomic E-state index is -0.917. The van der Waals surface area contributed by atoms with Gasteiger partial charge in [-0.05, 0) is 18.2 Å². The number of amides is 1. The number of likely N-dealkylation sites (N-methyl/N-ethyl adjacent to an activating group) is 1. The van der Waals surface area contributed by atoms with Crippen LogP contribution in [-0.4, -0.2) is 54.6 Å². The summed E-state index contributed by atoms with van der Waals surface area (Å²) in [5.41, 5.74) is 5.22. The van der Waals surface area contributed by atoms with Gasteiger partial charge in [-0.25, -0.2) is 4.79 Å². The molecule has 3 rings (SSSR count). The number of nitrogens with two attached hydrogens (primary N) is 1. The maximum absolute atomic E-state index is 12.3. The molecule has 1 unspecified atom stereocenters. The number of hydrogen-bond donors (Lipinski definition) is 1. The summed E-state index contributed by atoms with van der Waals surface area (Å²) in [6, 6.07) is 10.6. The topological polar surface area (TPSA) is 134 Å². The number of nitro benzene ring substituents is 1. The number of anilines is 1. The van der Waals surface area contributed by atoms with Crippen LogP contribution in [0.2, 0.25) is 0 Å². The molecule has 0 saturated heterocycles. The number of carbonyl (C=O) groups is 2. The van der Waals surface area contributed by atoms with Crippen LogP contribution in [0, 0.1) is 10.1 Å². The van der Waals surface area contributed by atoms with Gasteiger partial charge in [-0.3, -0.25) is 14.9 Å². The fourth-order valence-electron chi connectivity index (χ4n) is 2.71. The van der Waals surface area contributed by atoms with Crippen LogP contribution >= 0.6 is 0 Å². The molecular weight excluding hydrogens is 382 g/mol. The molecule has 1 heterocycles. The fraction of sp³-hybridized carbons (Fsp3) is 0.263. The highest BCUT2D eigenvalue weighted by Crippen LogP contribution is 2.31. The van der Waals surface area contributed by atoms with Crippen LogP contribution in [0.1, 0.15) is 10.4 Å². The van der Waals surface area contributed by atoms with Crippen molar-refractivity contribution in [3.63, 3.8) is 0 Å². The number of fused-ring (bicyclic) bond motifs is 1. The fourth-order valence-corrected chi connectivity index (χ4v) is 2.71. The van der Waals surface area contributed by atoms with Crippen LogP contribution in [0.4, 0.5) is 11.4 Å². The van der Waals surface area contributed by atoms with Gasteiger partial charge < -0.3 is 24.8 Å². The van der Waals surface area contributed by atoms with Gasteiger partial charge in [0.2, 0.25) is 0 Å². The van der Waals surface area contributed by atoms with Crippen LogP contribution in [0.25, 0.3) is 0 Å². The number of rotatable bonds is 6. The van der Waals surface area contributed by atoms with E-state index in [1.807, 2.05) is 12.1 Å². The maximum Gasteiger partial charge on any atom is 0.341 e. The third-order valence-electron chi connectivity index (χ3n) is 4.27. The molecule has 0 spiro atoms. The number of ether oxygens (including phenoxy) is 3. The highest BCUT2D eigenvalue weighted by atomic mass is 16.6. The molecule has 0 aliphatic carbocycles. The summed E-state index contributed by atoms with van der Waals surface area (Å²) in [7, 11) is 1.54. The molecule has 0 radical (unpaired) electrons. The molecule has 0 saturated carbocycles. The third-order valence-corrected chi connectivity index (χ3v) is 4.27. The van der Waals surface area contributed by atoms with Gasteiger partial charge in [0.05, 0.1) is 17.0 Å². The summed E-state index contributed by atoms with van der Waals surface area (Å²) in [5.74, 6) is -0.151. The molecule has 1 aliphatic rings. The van der Waals surface area contributed by atoms with E-state index >= 15 is 0 Å². The third kappa shape index (κ3) is 4.72. The number of para-hydroxylation sites is 2. The minimum absolute atomic E-state index is 0.0211. The summed E-state index contributed by atoms with van der Waals surface area (Å²) in [6.07, 6.45) is -0.373. The Morgan fingerprint density at radius 2 is 2.00 bits per heavy atom. The van der Waals surface area contributed by atoms with E-state index in [-0.39, 0.29) is 36.2 Å². The van der Waals surface area contributed by atoms with Gasteiger partial charge in [-0.2, -0.15) is 0 Å². The average molecular weight is 401 g/mol. The van der Waals surface area contributed by atoms with Crippen molar-refractivity contribution in [2.75, 3.05) is 32.5 Å². The van der Waals surface area contributed by atoms with Gasteiger partial charge in [0.25, 0.3) is 11.6 Å². The molecule has 1 amide bonds. The first-order chi connectivity index (χ1) is 13.8. The Morgan fingerprint density at radius 3 is 2.72 bits per heavy atom. The van der Waals surface area contributed by atoms with E-state index in [0.717, 1.165) is 6.07 Å². The van der Waals surface area contributed by atoms with Crippen molar-refractivity contribution >= 4 is 23.3 Å². The number of hydrogen-bond acceptors (Lipinski definition) is 8. The summed E-state index contributed by atoms with van der Waals surface area (Å²) in [6.45, 7) is -0.0378. The van der Waals surface area contributed by atoms with Crippen LogP contribution in [0.3, 0.4) is 0 Å². The second-order valence-electron chi connectivity index (χ2n) is 6.38. The number of carbonyl (C=O) groups excluding carboxylic acids is 2. The minimum Gasteiger partial charge on any atom is -0.486 e. The lowest BCUT2D eigenvalue weighted by atomic mass is 10.1. The van der Waals surface area contributed by atoms with E-state index < -0.39 is 23.4 Å². The zero-order valence-corrected chi connectivity index (χ0v) is 15.6. The monoisotopic (exact) mass is 401 g/mol. The van der Waals surface area contributed by atoms with Crippen LogP contribution in [0.5, 0.6) is 11.5 Å². The van der Waals surface area contributed by atoms with Gasteiger partial charge >= 0.3 is 5.97 Å². The summed E-state index contributed by atoms with van der Waals surface area (Å²) >= 11 is 0. The van der Waals surface area contributed by atoms with Crippen molar-refractivity contribution in [3.8, 4) is 11.5 Å². The summed E-state index contributed by atoms with van der Waals surface area (Å²) in [4.78, 5) is 36.0. The Labute approximate surface area is 165 Å². The highest BCUT2D eigenvalue weighted by molar-refractivity contribution is 5.97. The second-order valence-corrected chi connectivity index (χ2v) is 6.38. The maximum atomic E-state index is 12.3. The van der Waals surface area contributed by atoms with Crippen molar-refractivity contribution in [2.45, 2.75) is 6.10 Å². The molecule has 29 heavy (non-hydrogen) atoms. The van der Waals surface area contributed by atoms with Crippen molar-refractivity contribution in [1.82, 2.24) is 4.90 Å². The van der Waals surface area contributed by atoms with E-state index in [4.69, 9.17) is 19.9 Å². The molecule has 0 bridgehead atoms. The Balaban J connectivity index is 1.53. The van der Waals surface area contributed by atoms with Crippen LogP contribution in [-0.2, 0) is 9.53 Å². The Hall–Kier alpha value is -3.82. The molecule has 10 heteroatoms. The first-order valence-corrected chi connectivity index (χ1v) is 8.68. The lowest BCUT2D eigenvalue weighted by Gasteiger charge is -2.29. The van der Waals surface area contributed by atoms with E-state index in [1.165, 1.54) is 17.0 Å². The highest BCUT2D eigenvalue weighted by Gasteiger charge is 2.24. The second kappa shape index (κ2) is 8.46. The van der Waals surface area contributed by atoms with Crippen molar-refractivity contribution < 1.29 is 28.7 Å². The Kier molecular flexibility index (Phi) is 5.82. The lowest BCUT2D eigenvalue weighted by Crippen LogP contribution is -2.43. The number of nitro groups is 1. The van der Waals surface area contributed by atoms with E-state index in [2.05, 4.69) is 0 Å². The van der Waals surface area contributed by atoms with Gasteiger partial charge in [0, 0.05) is 24.9 Å². The van der Waals surface area contributed by atoms with Gasteiger partial charge in [-0.1, -0.05) is 12.1 Å². The molecule has 2 aromatic carbocycles. The molecule has 1 aliphatic heterocycles. The molecule has 152 valence electrons. The molecule has 1 atom stereocenters. The summed E-state index contributed by atoms with van der Waals surface area (Å²) in [5, 5.41) is 10.8. The zero-order chi connectivity index (χ0) is 21.0. The standard InChI is InChI=1S/C19H19N3O7/c1-21(9-13-10-27-16-4-2-3-5-17(16)29-13)18(23)11-28-19(24)14-8-12(22(25)26)6-7-15(14)20/h2-8,13H,9-11,20H2,1H3. The number of esters is 1. The van der Waals surface area contributed by atoms with Crippen molar-refractivity contribution in [3.05, 3.63) is 58.1 Å². The molecule has 10 nitrogen and oxygen atoms in total. The normalized spacial score (nSPS) is 14.7. The quantitative estimate of drug-likeness (QED) is 0.334. The number of nitrogens with zero attached hydrogens (tertiary/aromatic N) is 2.